The molecule has 1 unspecified atom stereocenters. The van der Waals surface area contributed by atoms with E-state index in [1.165, 1.54) is 0 Å². The maximum Gasteiger partial charge on any atom is 0.323 e. The molecule has 0 aromatic carbocycles. The van der Waals surface area contributed by atoms with Crippen LogP contribution in [0.2, 0.25) is 0 Å². The summed E-state index contributed by atoms with van der Waals surface area (Å²) in [5, 5.41) is 2.86. The zero-order valence-corrected chi connectivity index (χ0v) is 13.4. The fraction of sp³-hybridized carbons (Fsp3) is 0.867. The highest BCUT2D eigenvalue weighted by Crippen LogP contribution is 2.17. The first-order valence-corrected chi connectivity index (χ1v) is 7.83. The van der Waals surface area contributed by atoms with Crippen molar-refractivity contribution in [3.63, 3.8) is 0 Å². The van der Waals surface area contributed by atoms with E-state index in [2.05, 4.69) is 5.32 Å². The number of nitrogens with zero attached hydrogens (tertiary/aromatic N) is 1. The number of ether oxygens (including phenoxy) is 2. The van der Waals surface area contributed by atoms with Crippen molar-refractivity contribution in [2.45, 2.75) is 52.2 Å². The second kappa shape index (κ2) is 9.73. The molecule has 6 nitrogen and oxygen atoms in total. The molecule has 0 aromatic heterocycles. The number of nitrogens with one attached hydrogen (secondary N) is 1. The number of carbonyl (C=O) groups excluding carboxylic acids is 2. The largest absolute Gasteiger partial charge is 0.465 e. The van der Waals surface area contributed by atoms with E-state index >= 15 is 0 Å². The molecule has 1 aliphatic rings. The van der Waals surface area contributed by atoms with Gasteiger partial charge in [0.1, 0.15) is 6.04 Å². The van der Waals surface area contributed by atoms with Gasteiger partial charge < -0.3 is 14.8 Å². The Labute approximate surface area is 127 Å². The molecule has 1 heterocycles. The minimum Gasteiger partial charge on any atom is -0.465 e. The van der Waals surface area contributed by atoms with Crippen molar-refractivity contribution in [3.05, 3.63) is 0 Å². The molecule has 0 bridgehead atoms. The molecule has 1 amide bonds. The summed E-state index contributed by atoms with van der Waals surface area (Å²) in [5.41, 5.74) is 0. The first-order valence-electron chi connectivity index (χ1n) is 7.83. The normalized spacial score (nSPS) is 19.0. The van der Waals surface area contributed by atoms with Crippen molar-refractivity contribution < 1.29 is 19.1 Å². The lowest BCUT2D eigenvalue weighted by Gasteiger charge is -2.22. The molecule has 1 rings (SSSR count). The third kappa shape index (κ3) is 6.91. The predicted molar refractivity (Wildman–Crippen MR) is 79.9 cm³/mol. The summed E-state index contributed by atoms with van der Waals surface area (Å²) in [4.78, 5) is 25.6. The van der Waals surface area contributed by atoms with Crippen LogP contribution in [0.5, 0.6) is 0 Å². The molecule has 1 aliphatic heterocycles. The second-order valence-electron chi connectivity index (χ2n) is 5.50. The molecule has 1 N–H and O–H groups in total. The topological polar surface area (TPSA) is 67.9 Å². The molecule has 1 atom stereocenters. The Morgan fingerprint density at radius 3 is 2.81 bits per heavy atom. The number of esters is 1. The molecule has 0 saturated carbocycles. The summed E-state index contributed by atoms with van der Waals surface area (Å²) in [6.07, 6.45) is 2.72. The number of amides is 1. The Kier molecular flexibility index (Phi) is 8.30. The van der Waals surface area contributed by atoms with E-state index in [-0.39, 0.29) is 30.6 Å². The van der Waals surface area contributed by atoms with E-state index in [1.54, 1.807) is 6.92 Å². The smallest absolute Gasteiger partial charge is 0.323 e. The summed E-state index contributed by atoms with van der Waals surface area (Å²) in [6, 6.07) is -0.264. The van der Waals surface area contributed by atoms with Gasteiger partial charge in [-0.3, -0.25) is 14.5 Å². The van der Waals surface area contributed by atoms with Gasteiger partial charge in [0.05, 0.1) is 19.3 Å². The summed E-state index contributed by atoms with van der Waals surface area (Å²) in [5.74, 6) is -0.260. The monoisotopic (exact) mass is 300 g/mol. The molecule has 0 spiro atoms. The van der Waals surface area contributed by atoms with E-state index < -0.39 is 0 Å². The van der Waals surface area contributed by atoms with Crippen LogP contribution < -0.4 is 5.32 Å². The van der Waals surface area contributed by atoms with Crippen molar-refractivity contribution in [1.29, 1.82) is 0 Å². The van der Waals surface area contributed by atoms with Gasteiger partial charge in [0, 0.05) is 13.2 Å². The van der Waals surface area contributed by atoms with Crippen LogP contribution in [0.3, 0.4) is 0 Å². The van der Waals surface area contributed by atoms with Crippen LogP contribution in [0.25, 0.3) is 0 Å². The molecule has 0 radical (unpaired) electrons. The molecular formula is C15H28N2O4. The van der Waals surface area contributed by atoms with Gasteiger partial charge in [-0.2, -0.15) is 0 Å². The van der Waals surface area contributed by atoms with E-state index in [0.29, 0.717) is 19.8 Å². The van der Waals surface area contributed by atoms with Gasteiger partial charge >= 0.3 is 5.97 Å². The zero-order valence-electron chi connectivity index (χ0n) is 13.4. The maximum atomic E-state index is 11.9. The Morgan fingerprint density at radius 1 is 1.38 bits per heavy atom. The van der Waals surface area contributed by atoms with E-state index in [0.717, 1.165) is 25.8 Å². The van der Waals surface area contributed by atoms with Gasteiger partial charge in [-0.25, -0.2) is 0 Å². The van der Waals surface area contributed by atoms with Crippen LogP contribution in [-0.4, -0.2) is 61.8 Å². The summed E-state index contributed by atoms with van der Waals surface area (Å²) in [7, 11) is 0. The van der Waals surface area contributed by atoms with Crippen LogP contribution in [0.4, 0.5) is 0 Å². The summed E-state index contributed by atoms with van der Waals surface area (Å²) >= 11 is 0. The van der Waals surface area contributed by atoms with E-state index in [1.807, 2.05) is 18.7 Å². The van der Waals surface area contributed by atoms with Crippen molar-refractivity contribution in [2.24, 2.45) is 0 Å². The van der Waals surface area contributed by atoms with Crippen LogP contribution in [-0.2, 0) is 19.1 Å². The average molecular weight is 300 g/mol. The minimum absolute atomic E-state index is 0.0456. The lowest BCUT2D eigenvalue weighted by molar-refractivity contribution is -0.148. The number of carbonyl (C=O) groups is 2. The fourth-order valence-corrected chi connectivity index (χ4v) is 2.38. The highest BCUT2D eigenvalue weighted by Gasteiger charge is 2.32. The van der Waals surface area contributed by atoms with Crippen LogP contribution in [0.1, 0.15) is 40.0 Å². The molecule has 6 heteroatoms. The third-order valence-electron chi connectivity index (χ3n) is 3.36. The SMILES string of the molecule is CCOC(=O)C1CCCN1CC(=O)NCCCOC(C)C. The van der Waals surface area contributed by atoms with Gasteiger partial charge in [0.2, 0.25) is 5.91 Å². The number of likely N-dealkylation sites (tertiary alicyclic amines) is 1. The molecule has 1 fully saturated rings. The third-order valence-corrected chi connectivity index (χ3v) is 3.36. The Morgan fingerprint density at radius 2 is 2.14 bits per heavy atom. The number of rotatable bonds is 9. The molecule has 122 valence electrons. The summed E-state index contributed by atoms with van der Waals surface area (Å²) < 4.78 is 10.5. The van der Waals surface area contributed by atoms with Crippen molar-refractivity contribution in [3.8, 4) is 0 Å². The highest BCUT2D eigenvalue weighted by atomic mass is 16.5. The highest BCUT2D eigenvalue weighted by molar-refractivity contribution is 5.80. The molecular weight excluding hydrogens is 272 g/mol. The molecule has 1 saturated heterocycles. The fourth-order valence-electron chi connectivity index (χ4n) is 2.38. The first kappa shape index (κ1) is 17.9. The first-order chi connectivity index (χ1) is 10.0. The standard InChI is InChI=1S/C15H28N2O4/c1-4-20-15(19)13-7-5-9-17(13)11-14(18)16-8-6-10-21-12(2)3/h12-13H,4-11H2,1-3H3,(H,16,18). The second-order valence-corrected chi connectivity index (χ2v) is 5.50. The quantitative estimate of drug-likeness (QED) is 0.507. The van der Waals surface area contributed by atoms with Crippen molar-refractivity contribution in [1.82, 2.24) is 10.2 Å². The number of hydrogen-bond donors (Lipinski definition) is 1. The minimum atomic E-state index is -0.264. The zero-order chi connectivity index (χ0) is 15.7. The van der Waals surface area contributed by atoms with Crippen molar-refractivity contribution >= 4 is 11.9 Å². The maximum absolute atomic E-state index is 11.9. The predicted octanol–water partition coefficient (Wildman–Crippen LogP) is 0.945. The van der Waals surface area contributed by atoms with E-state index in [9.17, 15) is 9.59 Å². The van der Waals surface area contributed by atoms with E-state index in [4.69, 9.17) is 9.47 Å². The van der Waals surface area contributed by atoms with Gasteiger partial charge in [-0.1, -0.05) is 0 Å². The van der Waals surface area contributed by atoms with Crippen molar-refractivity contribution in [2.75, 3.05) is 32.8 Å². The van der Waals surface area contributed by atoms with Gasteiger partial charge in [-0.15, -0.1) is 0 Å². The number of hydrogen-bond acceptors (Lipinski definition) is 5. The van der Waals surface area contributed by atoms with Gasteiger partial charge in [0.25, 0.3) is 0 Å². The Hall–Kier alpha value is -1.14. The van der Waals surface area contributed by atoms with Crippen LogP contribution in [0, 0.1) is 0 Å². The van der Waals surface area contributed by atoms with Crippen LogP contribution in [0.15, 0.2) is 0 Å². The Bertz CT molecular complexity index is 334. The average Bonchev–Trinajstić information content (AvgIpc) is 2.86. The molecule has 21 heavy (non-hydrogen) atoms. The molecule has 0 aromatic rings. The van der Waals surface area contributed by atoms with Gasteiger partial charge in [-0.05, 0) is 46.6 Å². The Balaban J connectivity index is 2.22. The summed E-state index contributed by atoms with van der Waals surface area (Å²) in [6.45, 7) is 8.43. The van der Waals surface area contributed by atoms with Crippen LogP contribution >= 0.6 is 0 Å². The lowest BCUT2D eigenvalue weighted by Crippen LogP contribution is -2.43. The van der Waals surface area contributed by atoms with Gasteiger partial charge in [0.15, 0.2) is 0 Å². The lowest BCUT2D eigenvalue weighted by atomic mass is 10.2. The molecule has 0 aliphatic carbocycles.